The van der Waals surface area contributed by atoms with Gasteiger partial charge in [0.05, 0.1) is 23.5 Å². The molecule has 2 heterocycles. The number of thiophene rings is 1. The van der Waals surface area contributed by atoms with Gasteiger partial charge < -0.3 is 10.2 Å². The molecule has 1 aliphatic rings. The van der Waals surface area contributed by atoms with Crippen LogP contribution in [0.15, 0.2) is 58.9 Å². The summed E-state index contributed by atoms with van der Waals surface area (Å²) in [4.78, 5) is 33.2. The van der Waals surface area contributed by atoms with Gasteiger partial charge >= 0.3 is 0 Å². The van der Waals surface area contributed by atoms with Crippen LogP contribution >= 0.6 is 22.9 Å². The Morgan fingerprint density at radius 3 is 2.70 bits per heavy atom. The van der Waals surface area contributed by atoms with Crippen molar-refractivity contribution in [1.29, 1.82) is 0 Å². The SMILES string of the molecule is Cc1cc2c(cc1C)N(CC(=O)Nc1cccc(Cl)c1)C(=O)CC(c1cccs1)=N2. The zero-order chi connectivity index (χ0) is 21.3. The molecule has 30 heavy (non-hydrogen) atoms. The Labute approximate surface area is 184 Å². The molecular weight excluding hydrogens is 418 g/mol. The number of anilines is 2. The molecular formula is C23H20ClN3O2S. The van der Waals surface area contributed by atoms with Gasteiger partial charge in [-0.1, -0.05) is 23.7 Å². The number of carbonyl (C=O) groups is 2. The highest BCUT2D eigenvalue weighted by Crippen LogP contribution is 2.36. The Balaban J connectivity index is 1.67. The van der Waals surface area contributed by atoms with Gasteiger partial charge in [-0.15, -0.1) is 11.3 Å². The number of carbonyl (C=O) groups excluding carboxylic acids is 2. The Morgan fingerprint density at radius 1 is 1.17 bits per heavy atom. The van der Waals surface area contributed by atoms with Crippen molar-refractivity contribution >= 4 is 57.5 Å². The largest absolute Gasteiger partial charge is 0.324 e. The smallest absolute Gasteiger partial charge is 0.244 e. The summed E-state index contributed by atoms with van der Waals surface area (Å²) in [5.41, 5.74) is 4.78. The van der Waals surface area contributed by atoms with Gasteiger partial charge in [-0.05, 0) is 66.8 Å². The van der Waals surface area contributed by atoms with E-state index in [1.54, 1.807) is 35.6 Å². The van der Waals surface area contributed by atoms with Crippen LogP contribution in [0.2, 0.25) is 5.02 Å². The lowest BCUT2D eigenvalue weighted by Crippen LogP contribution is -2.38. The Morgan fingerprint density at radius 2 is 1.97 bits per heavy atom. The molecule has 4 rings (SSSR count). The predicted octanol–water partition coefficient (Wildman–Crippen LogP) is 5.51. The normalized spacial score (nSPS) is 13.5. The predicted molar refractivity (Wildman–Crippen MR) is 123 cm³/mol. The number of rotatable bonds is 4. The molecule has 0 unspecified atom stereocenters. The van der Waals surface area contributed by atoms with Gasteiger partial charge in [-0.3, -0.25) is 9.59 Å². The quantitative estimate of drug-likeness (QED) is 0.584. The number of hydrogen-bond donors (Lipinski definition) is 1. The molecule has 0 saturated carbocycles. The van der Waals surface area contributed by atoms with E-state index in [2.05, 4.69) is 5.32 Å². The summed E-state index contributed by atoms with van der Waals surface area (Å²) in [5, 5.41) is 5.31. The first-order chi connectivity index (χ1) is 14.4. The lowest BCUT2D eigenvalue weighted by atomic mass is 10.1. The molecule has 1 N–H and O–H groups in total. The molecule has 0 aliphatic carbocycles. The maximum Gasteiger partial charge on any atom is 0.244 e. The maximum atomic E-state index is 13.2. The van der Waals surface area contributed by atoms with E-state index in [1.165, 1.54) is 4.90 Å². The highest BCUT2D eigenvalue weighted by molar-refractivity contribution is 7.12. The van der Waals surface area contributed by atoms with Gasteiger partial charge in [0.1, 0.15) is 6.54 Å². The third kappa shape index (κ3) is 4.30. The summed E-state index contributed by atoms with van der Waals surface area (Å²) in [6.07, 6.45) is 0.137. The fraction of sp³-hybridized carbons (Fsp3) is 0.174. The number of hydrogen-bond acceptors (Lipinski definition) is 4. The topological polar surface area (TPSA) is 61.8 Å². The second-order valence-corrected chi connectivity index (χ2v) is 8.56. The maximum absolute atomic E-state index is 13.2. The Hall–Kier alpha value is -2.96. The van der Waals surface area contributed by atoms with Gasteiger partial charge in [-0.25, -0.2) is 4.99 Å². The average Bonchev–Trinajstić information content (AvgIpc) is 3.19. The molecule has 7 heteroatoms. The number of halogens is 1. The molecule has 1 aliphatic heterocycles. The lowest BCUT2D eigenvalue weighted by Gasteiger charge is -2.23. The molecule has 2 aromatic carbocycles. The van der Waals surface area contributed by atoms with E-state index >= 15 is 0 Å². The molecule has 0 bridgehead atoms. The van der Waals surface area contributed by atoms with Crippen LogP contribution in [0.1, 0.15) is 22.4 Å². The van der Waals surface area contributed by atoms with E-state index in [4.69, 9.17) is 16.6 Å². The first-order valence-electron chi connectivity index (χ1n) is 9.49. The van der Waals surface area contributed by atoms with Crippen LogP contribution in [-0.4, -0.2) is 24.1 Å². The molecule has 152 valence electrons. The van der Waals surface area contributed by atoms with E-state index in [1.807, 2.05) is 43.5 Å². The number of aliphatic imine (C=N–C) groups is 1. The second kappa shape index (κ2) is 8.42. The zero-order valence-electron chi connectivity index (χ0n) is 16.6. The van der Waals surface area contributed by atoms with Gasteiger partial charge in [0.25, 0.3) is 0 Å². The van der Waals surface area contributed by atoms with Crippen molar-refractivity contribution in [2.45, 2.75) is 20.3 Å². The Kier molecular flexibility index (Phi) is 5.70. The third-order valence-electron chi connectivity index (χ3n) is 4.97. The van der Waals surface area contributed by atoms with Crippen LogP contribution < -0.4 is 10.2 Å². The first-order valence-corrected chi connectivity index (χ1v) is 10.7. The highest BCUT2D eigenvalue weighted by atomic mass is 35.5. The van der Waals surface area contributed by atoms with Crippen LogP contribution in [0.3, 0.4) is 0 Å². The monoisotopic (exact) mass is 437 g/mol. The van der Waals surface area contributed by atoms with Crippen LogP contribution in [0.5, 0.6) is 0 Å². The number of nitrogens with zero attached hydrogens (tertiary/aromatic N) is 2. The molecule has 0 saturated heterocycles. The number of aryl methyl sites for hydroxylation is 2. The Bertz CT molecular complexity index is 1160. The summed E-state index contributed by atoms with van der Waals surface area (Å²) in [6, 6.07) is 14.7. The van der Waals surface area contributed by atoms with E-state index in [0.29, 0.717) is 22.1 Å². The summed E-state index contributed by atoms with van der Waals surface area (Å²) in [5.74, 6) is -0.459. The van der Waals surface area contributed by atoms with Crippen molar-refractivity contribution in [2.75, 3.05) is 16.8 Å². The molecule has 0 radical (unpaired) electrons. The molecule has 1 aromatic heterocycles. The standard InChI is InChI=1S/C23H20ClN3O2S/c1-14-9-18-20(10-15(14)2)27(13-22(28)25-17-6-3-5-16(24)11-17)23(29)12-19(26-18)21-7-4-8-30-21/h3-11H,12-13H2,1-2H3,(H,25,28). The summed E-state index contributed by atoms with van der Waals surface area (Å²) >= 11 is 7.55. The molecule has 2 amide bonds. The minimum atomic E-state index is -0.297. The summed E-state index contributed by atoms with van der Waals surface area (Å²) < 4.78 is 0. The molecule has 3 aromatic rings. The minimum Gasteiger partial charge on any atom is -0.324 e. The number of nitrogens with one attached hydrogen (secondary N) is 1. The fourth-order valence-electron chi connectivity index (χ4n) is 3.32. The lowest BCUT2D eigenvalue weighted by molar-refractivity contribution is -0.120. The number of benzene rings is 2. The van der Waals surface area contributed by atoms with Crippen molar-refractivity contribution < 1.29 is 9.59 Å². The molecule has 0 fully saturated rings. The molecule has 0 spiro atoms. The van der Waals surface area contributed by atoms with E-state index in [-0.39, 0.29) is 24.8 Å². The van der Waals surface area contributed by atoms with Gasteiger partial charge in [0.2, 0.25) is 11.8 Å². The minimum absolute atomic E-state index is 0.103. The second-order valence-electron chi connectivity index (χ2n) is 7.18. The first kappa shape index (κ1) is 20.3. The van der Waals surface area contributed by atoms with Crippen molar-refractivity contribution in [3.63, 3.8) is 0 Å². The van der Waals surface area contributed by atoms with Crippen LogP contribution in [0, 0.1) is 13.8 Å². The van der Waals surface area contributed by atoms with E-state index in [9.17, 15) is 9.59 Å². The average molecular weight is 438 g/mol. The van der Waals surface area contributed by atoms with Crippen LogP contribution in [-0.2, 0) is 9.59 Å². The molecule has 0 atom stereocenters. The van der Waals surface area contributed by atoms with Crippen molar-refractivity contribution in [1.82, 2.24) is 0 Å². The van der Waals surface area contributed by atoms with Crippen LogP contribution in [0.4, 0.5) is 17.1 Å². The van der Waals surface area contributed by atoms with Crippen molar-refractivity contribution in [3.05, 3.63) is 74.9 Å². The van der Waals surface area contributed by atoms with E-state index < -0.39 is 0 Å². The molecule has 5 nitrogen and oxygen atoms in total. The van der Waals surface area contributed by atoms with Gasteiger partial charge in [0.15, 0.2) is 0 Å². The third-order valence-corrected chi connectivity index (χ3v) is 6.13. The number of amides is 2. The van der Waals surface area contributed by atoms with Gasteiger partial charge in [-0.2, -0.15) is 0 Å². The fourth-order valence-corrected chi connectivity index (χ4v) is 4.22. The van der Waals surface area contributed by atoms with Crippen LogP contribution in [0.25, 0.3) is 0 Å². The van der Waals surface area contributed by atoms with Crippen molar-refractivity contribution in [2.24, 2.45) is 4.99 Å². The summed E-state index contributed by atoms with van der Waals surface area (Å²) in [7, 11) is 0. The van der Waals surface area contributed by atoms with Gasteiger partial charge in [0, 0.05) is 15.6 Å². The summed E-state index contributed by atoms with van der Waals surface area (Å²) in [6.45, 7) is 3.89. The van der Waals surface area contributed by atoms with E-state index in [0.717, 1.165) is 21.7 Å². The number of fused-ring (bicyclic) bond motifs is 1. The zero-order valence-corrected chi connectivity index (χ0v) is 18.2. The van der Waals surface area contributed by atoms with Crippen molar-refractivity contribution in [3.8, 4) is 0 Å². The highest BCUT2D eigenvalue weighted by Gasteiger charge is 2.27.